The number of aromatic nitrogens is 3. The van der Waals surface area contributed by atoms with Crippen molar-refractivity contribution < 1.29 is 9.18 Å². The summed E-state index contributed by atoms with van der Waals surface area (Å²) in [4.78, 5) is 41.0. The molecule has 2 aromatic heterocycles. The number of rotatable bonds is 4. The number of carbonyl (C=O) groups excluding carboxylic acids is 1. The van der Waals surface area contributed by atoms with Crippen LogP contribution in [0, 0.1) is 5.95 Å². The van der Waals surface area contributed by atoms with E-state index in [0.29, 0.717) is 17.8 Å². The summed E-state index contributed by atoms with van der Waals surface area (Å²) in [5.74, 6) is -0.0797. The Morgan fingerprint density at radius 3 is 2.65 bits per heavy atom. The standard InChI is InChI=1S/C25H31FN6O2/c1-27-23(34)19-6-7-20(21(26)28-19)31-10-8-15(9-11-31)32-14-25(12-16(32)13-25)24-29-18-5-3-2-4-17(18)22(33)30-24/h6-7,15-16H,2-5,8-14H2,1H3,(H,27,34)(H,29,30,33). The molecule has 5 aliphatic rings. The molecule has 0 spiro atoms. The van der Waals surface area contributed by atoms with Gasteiger partial charge in [0.1, 0.15) is 11.5 Å². The van der Waals surface area contributed by atoms with E-state index in [1.807, 2.05) is 4.90 Å². The van der Waals surface area contributed by atoms with Crippen LogP contribution in [0.4, 0.5) is 10.1 Å². The monoisotopic (exact) mass is 466 g/mol. The first-order valence-corrected chi connectivity index (χ1v) is 12.5. The van der Waals surface area contributed by atoms with Crippen molar-refractivity contribution in [3.8, 4) is 0 Å². The first-order valence-electron chi connectivity index (χ1n) is 12.5. The van der Waals surface area contributed by atoms with Crippen LogP contribution in [0.15, 0.2) is 16.9 Å². The van der Waals surface area contributed by atoms with Crippen LogP contribution in [0.3, 0.4) is 0 Å². The number of fused-ring (bicyclic) bond motifs is 2. The SMILES string of the molecule is CNC(=O)c1ccc(N2CCC(N3CC4(c5nc6c(c(=O)[nH]5)CCCC6)CC3C4)CC2)c(F)n1. The minimum absolute atomic E-state index is 0.0147. The number of nitrogens with one attached hydrogen (secondary N) is 2. The van der Waals surface area contributed by atoms with Crippen LogP contribution in [0.1, 0.15) is 66.1 Å². The third kappa shape index (κ3) is 3.43. The van der Waals surface area contributed by atoms with Gasteiger partial charge >= 0.3 is 0 Å². The van der Waals surface area contributed by atoms with E-state index in [-0.39, 0.29) is 22.6 Å². The van der Waals surface area contributed by atoms with Crippen molar-refractivity contribution in [2.45, 2.75) is 68.9 Å². The molecule has 4 fully saturated rings. The minimum atomic E-state index is -0.593. The lowest BCUT2D eigenvalue weighted by Gasteiger charge is -2.40. The number of hydrogen-bond acceptors (Lipinski definition) is 6. The van der Waals surface area contributed by atoms with Gasteiger partial charge in [0.2, 0.25) is 5.95 Å². The number of H-pyrrole nitrogens is 1. The van der Waals surface area contributed by atoms with Crippen molar-refractivity contribution in [2.24, 2.45) is 0 Å². The maximum absolute atomic E-state index is 14.6. The molecule has 8 nitrogen and oxygen atoms in total. The average molecular weight is 467 g/mol. The van der Waals surface area contributed by atoms with Gasteiger partial charge in [-0.2, -0.15) is 4.39 Å². The highest BCUT2D eigenvalue weighted by molar-refractivity contribution is 5.92. The molecule has 2 aliphatic carbocycles. The molecule has 180 valence electrons. The van der Waals surface area contributed by atoms with E-state index >= 15 is 0 Å². The molecule has 0 radical (unpaired) electrons. The topological polar surface area (TPSA) is 94.2 Å². The lowest BCUT2D eigenvalue weighted by Crippen LogP contribution is -2.46. The van der Waals surface area contributed by atoms with Crippen molar-refractivity contribution in [2.75, 3.05) is 31.6 Å². The summed E-state index contributed by atoms with van der Waals surface area (Å²) < 4.78 is 14.6. The number of pyridine rings is 1. The van der Waals surface area contributed by atoms with Crippen molar-refractivity contribution >= 4 is 11.6 Å². The molecule has 0 unspecified atom stereocenters. The number of carbonyl (C=O) groups is 1. The number of nitrogens with zero attached hydrogens (tertiary/aromatic N) is 4. The fourth-order valence-corrected chi connectivity index (χ4v) is 6.59. The molecule has 0 atom stereocenters. The zero-order valence-corrected chi connectivity index (χ0v) is 19.6. The van der Waals surface area contributed by atoms with Gasteiger partial charge in [0.25, 0.3) is 11.5 Å². The van der Waals surface area contributed by atoms with E-state index in [1.165, 1.54) is 7.05 Å². The Morgan fingerprint density at radius 2 is 1.91 bits per heavy atom. The molecule has 1 saturated carbocycles. The lowest BCUT2D eigenvalue weighted by molar-refractivity contribution is 0.0957. The fourth-order valence-electron chi connectivity index (χ4n) is 6.59. The Labute approximate surface area is 198 Å². The van der Waals surface area contributed by atoms with E-state index in [2.05, 4.69) is 20.2 Å². The van der Waals surface area contributed by atoms with E-state index < -0.39 is 5.95 Å². The van der Waals surface area contributed by atoms with E-state index in [0.717, 1.165) is 88.1 Å². The highest BCUT2D eigenvalue weighted by Crippen LogP contribution is 2.53. The molecule has 0 aromatic carbocycles. The van der Waals surface area contributed by atoms with Crippen LogP contribution in [0.25, 0.3) is 0 Å². The van der Waals surface area contributed by atoms with Crippen LogP contribution in [-0.2, 0) is 18.3 Å². The minimum Gasteiger partial charge on any atom is -0.368 e. The van der Waals surface area contributed by atoms with Gasteiger partial charge in [0, 0.05) is 49.7 Å². The van der Waals surface area contributed by atoms with E-state index in [4.69, 9.17) is 4.98 Å². The van der Waals surface area contributed by atoms with Crippen molar-refractivity contribution in [3.63, 3.8) is 0 Å². The Bertz CT molecular complexity index is 1180. The summed E-state index contributed by atoms with van der Waals surface area (Å²) >= 11 is 0. The second-order valence-electron chi connectivity index (χ2n) is 10.4. The Morgan fingerprint density at radius 1 is 1.15 bits per heavy atom. The van der Waals surface area contributed by atoms with E-state index in [9.17, 15) is 14.0 Å². The summed E-state index contributed by atoms with van der Waals surface area (Å²) in [5.41, 5.74) is 2.53. The predicted octanol–water partition coefficient (Wildman–Crippen LogP) is 1.93. The zero-order valence-electron chi connectivity index (χ0n) is 19.6. The quantitative estimate of drug-likeness (QED) is 0.669. The van der Waals surface area contributed by atoms with Crippen LogP contribution < -0.4 is 15.8 Å². The maximum atomic E-state index is 14.6. The molecular formula is C25H31FN6O2. The summed E-state index contributed by atoms with van der Waals surface area (Å²) in [5, 5.41) is 2.47. The summed E-state index contributed by atoms with van der Waals surface area (Å²) in [6.07, 6.45) is 8.01. The number of aryl methyl sites for hydroxylation is 1. The Balaban J connectivity index is 1.12. The molecule has 1 amide bonds. The van der Waals surface area contributed by atoms with Gasteiger partial charge in [-0.1, -0.05) is 0 Å². The van der Waals surface area contributed by atoms with Gasteiger partial charge < -0.3 is 15.2 Å². The number of hydrogen-bond donors (Lipinski definition) is 2. The largest absolute Gasteiger partial charge is 0.368 e. The lowest BCUT2D eigenvalue weighted by atomic mass is 9.69. The summed E-state index contributed by atoms with van der Waals surface area (Å²) in [6.45, 7) is 2.46. The van der Waals surface area contributed by atoms with Crippen LogP contribution in [0.5, 0.6) is 0 Å². The molecule has 2 aromatic rings. The van der Waals surface area contributed by atoms with Gasteiger partial charge in [-0.25, -0.2) is 9.97 Å². The number of amides is 1. The number of piperidine rings is 1. The summed E-state index contributed by atoms with van der Waals surface area (Å²) in [7, 11) is 1.51. The predicted molar refractivity (Wildman–Crippen MR) is 126 cm³/mol. The van der Waals surface area contributed by atoms with Gasteiger partial charge in [-0.05, 0) is 63.5 Å². The molecule has 3 saturated heterocycles. The molecule has 2 bridgehead atoms. The van der Waals surface area contributed by atoms with Gasteiger partial charge in [0.05, 0.1) is 11.4 Å². The second kappa shape index (κ2) is 8.15. The van der Waals surface area contributed by atoms with Gasteiger partial charge in [0.15, 0.2) is 0 Å². The number of halogens is 1. The zero-order chi connectivity index (χ0) is 23.4. The summed E-state index contributed by atoms with van der Waals surface area (Å²) in [6, 6.07) is 4.24. The van der Waals surface area contributed by atoms with Crippen molar-refractivity contribution in [1.82, 2.24) is 25.2 Å². The maximum Gasteiger partial charge on any atom is 0.269 e. The highest BCUT2D eigenvalue weighted by atomic mass is 19.1. The van der Waals surface area contributed by atoms with Gasteiger partial charge in [-0.15, -0.1) is 0 Å². The second-order valence-corrected chi connectivity index (χ2v) is 10.4. The molecule has 34 heavy (non-hydrogen) atoms. The molecule has 5 heterocycles. The Hall–Kier alpha value is -2.81. The molecular weight excluding hydrogens is 435 g/mol. The third-order valence-corrected chi connectivity index (χ3v) is 8.46. The van der Waals surface area contributed by atoms with Gasteiger partial charge in [-0.3, -0.25) is 14.5 Å². The molecule has 2 N–H and O–H groups in total. The van der Waals surface area contributed by atoms with Crippen LogP contribution in [-0.4, -0.2) is 64.5 Å². The smallest absolute Gasteiger partial charge is 0.269 e. The van der Waals surface area contributed by atoms with Crippen LogP contribution >= 0.6 is 0 Å². The fraction of sp³-hybridized carbons (Fsp3) is 0.600. The molecule has 7 rings (SSSR count). The first kappa shape index (κ1) is 21.7. The molecule has 3 aliphatic heterocycles. The number of anilines is 1. The molecule has 9 heteroatoms. The normalized spacial score (nSPS) is 26.8. The Kier molecular flexibility index (Phi) is 5.20. The van der Waals surface area contributed by atoms with Crippen LogP contribution in [0.2, 0.25) is 0 Å². The first-order chi connectivity index (χ1) is 16.5. The number of aromatic amines is 1. The average Bonchev–Trinajstić information content (AvgIpc) is 3.41. The third-order valence-electron chi connectivity index (χ3n) is 8.46. The van der Waals surface area contributed by atoms with Crippen molar-refractivity contribution in [3.05, 3.63) is 51.2 Å². The van der Waals surface area contributed by atoms with E-state index in [1.54, 1.807) is 12.1 Å². The highest BCUT2D eigenvalue weighted by Gasteiger charge is 2.59. The van der Waals surface area contributed by atoms with Crippen molar-refractivity contribution in [1.29, 1.82) is 0 Å².